The lowest BCUT2D eigenvalue weighted by molar-refractivity contribution is -0.112. The van der Waals surface area contributed by atoms with Gasteiger partial charge in [-0.25, -0.2) is 5.01 Å². The standard InChI is InChI=1S/C11H16N4O2/c1-3-12-15(5-4-10(2)17)11-8-13-14(9-11)6-7-16/h3-5,8-9,16H,6-7H2,1-2H3/b5-4-,12-3+. The van der Waals surface area contributed by atoms with Crippen molar-refractivity contribution in [3.05, 3.63) is 24.7 Å². The average molecular weight is 236 g/mol. The first-order chi connectivity index (χ1) is 8.17. The van der Waals surface area contributed by atoms with Crippen LogP contribution in [0.15, 0.2) is 29.8 Å². The van der Waals surface area contributed by atoms with Crippen molar-refractivity contribution < 1.29 is 9.90 Å². The normalized spacial score (nSPS) is 11.5. The Balaban J connectivity index is 2.85. The van der Waals surface area contributed by atoms with Crippen LogP contribution in [0.5, 0.6) is 0 Å². The molecule has 1 N–H and O–H groups in total. The highest BCUT2D eigenvalue weighted by molar-refractivity contribution is 5.87. The Labute approximate surface area is 99.8 Å². The molecule has 0 bridgehead atoms. The quantitative estimate of drug-likeness (QED) is 0.450. The van der Waals surface area contributed by atoms with Crippen LogP contribution >= 0.6 is 0 Å². The van der Waals surface area contributed by atoms with E-state index < -0.39 is 0 Å². The van der Waals surface area contributed by atoms with Gasteiger partial charge in [-0.05, 0) is 19.9 Å². The number of hydrogen-bond donors (Lipinski definition) is 1. The maximum atomic E-state index is 10.9. The fourth-order valence-corrected chi connectivity index (χ4v) is 1.19. The molecular formula is C11H16N4O2. The van der Waals surface area contributed by atoms with Gasteiger partial charge in [0.15, 0.2) is 5.78 Å². The number of anilines is 1. The minimum atomic E-state index is -0.0518. The Morgan fingerprint density at radius 3 is 3.06 bits per heavy atom. The molecule has 92 valence electrons. The van der Waals surface area contributed by atoms with Crippen LogP contribution in [0.3, 0.4) is 0 Å². The van der Waals surface area contributed by atoms with E-state index in [2.05, 4.69) is 10.2 Å². The molecular weight excluding hydrogens is 220 g/mol. The minimum absolute atomic E-state index is 0.0292. The van der Waals surface area contributed by atoms with Crippen molar-refractivity contribution in [3.8, 4) is 0 Å². The van der Waals surface area contributed by atoms with Crippen molar-refractivity contribution in [2.45, 2.75) is 20.4 Å². The summed E-state index contributed by atoms with van der Waals surface area (Å²) in [7, 11) is 0. The van der Waals surface area contributed by atoms with Crippen LogP contribution in [-0.2, 0) is 11.3 Å². The van der Waals surface area contributed by atoms with Gasteiger partial charge in [-0.2, -0.15) is 10.2 Å². The first kappa shape index (κ1) is 13.1. The van der Waals surface area contributed by atoms with E-state index in [1.165, 1.54) is 13.0 Å². The van der Waals surface area contributed by atoms with Gasteiger partial charge >= 0.3 is 0 Å². The molecule has 1 aromatic heterocycles. The molecule has 0 atom stereocenters. The topological polar surface area (TPSA) is 70.7 Å². The van der Waals surface area contributed by atoms with E-state index in [1.54, 1.807) is 41.4 Å². The zero-order valence-electron chi connectivity index (χ0n) is 9.95. The van der Waals surface area contributed by atoms with Crippen molar-refractivity contribution >= 4 is 17.7 Å². The van der Waals surface area contributed by atoms with Gasteiger partial charge in [0.2, 0.25) is 0 Å². The second-order valence-corrected chi connectivity index (χ2v) is 3.33. The molecule has 0 aliphatic heterocycles. The number of aliphatic hydroxyl groups is 1. The van der Waals surface area contributed by atoms with E-state index in [4.69, 9.17) is 5.11 Å². The highest BCUT2D eigenvalue weighted by Gasteiger charge is 2.04. The number of carbonyl (C=O) groups excluding carboxylic acids is 1. The minimum Gasteiger partial charge on any atom is -0.394 e. The monoisotopic (exact) mass is 236 g/mol. The van der Waals surface area contributed by atoms with Gasteiger partial charge in [-0.3, -0.25) is 9.48 Å². The predicted octanol–water partition coefficient (Wildman–Crippen LogP) is 0.790. The second kappa shape index (κ2) is 6.59. The summed E-state index contributed by atoms with van der Waals surface area (Å²) in [5.41, 5.74) is 0.731. The molecule has 0 saturated heterocycles. The van der Waals surface area contributed by atoms with E-state index in [-0.39, 0.29) is 12.4 Å². The number of allylic oxidation sites excluding steroid dienone is 1. The van der Waals surface area contributed by atoms with E-state index in [1.807, 2.05) is 0 Å². The first-order valence-electron chi connectivity index (χ1n) is 5.27. The van der Waals surface area contributed by atoms with Gasteiger partial charge < -0.3 is 5.11 Å². The van der Waals surface area contributed by atoms with Gasteiger partial charge in [0.05, 0.1) is 25.5 Å². The number of nitrogens with zero attached hydrogens (tertiary/aromatic N) is 4. The first-order valence-corrected chi connectivity index (χ1v) is 5.27. The van der Waals surface area contributed by atoms with Crippen molar-refractivity contribution in [2.24, 2.45) is 5.10 Å². The van der Waals surface area contributed by atoms with Crippen molar-refractivity contribution in [1.82, 2.24) is 9.78 Å². The molecule has 1 rings (SSSR count). The molecule has 0 fully saturated rings. The fourth-order valence-electron chi connectivity index (χ4n) is 1.19. The van der Waals surface area contributed by atoms with Crippen LogP contribution in [0.25, 0.3) is 0 Å². The molecule has 0 amide bonds. The maximum absolute atomic E-state index is 10.9. The molecule has 0 unspecified atom stereocenters. The Hall–Kier alpha value is -1.95. The van der Waals surface area contributed by atoms with E-state index in [9.17, 15) is 4.79 Å². The Bertz CT molecular complexity index is 423. The number of aromatic nitrogens is 2. The summed E-state index contributed by atoms with van der Waals surface area (Å²) in [6, 6.07) is 0. The van der Waals surface area contributed by atoms with E-state index in [0.29, 0.717) is 6.54 Å². The number of hydrazone groups is 1. The Kier molecular flexibility index (Phi) is 5.09. The van der Waals surface area contributed by atoms with E-state index >= 15 is 0 Å². The predicted molar refractivity (Wildman–Crippen MR) is 65.8 cm³/mol. The van der Waals surface area contributed by atoms with Crippen LogP contribution < -0.4 is 5.01 Å². The highest BCUT2D eigenvalue weighted by Crippen LogP contribution is 2.13. The van der Waals surface area contributed by atoms with Crippen LogP contribution in [0.4, 0.5) is 5.69 Å². The third-order valence-electron chi connectivity index (χ3n) is 1.90. The van der Waals surface area contributed by atoms with Crippen LogP contribution in [-0.4, -0.2) is 33.5 Å². The molecule has 0 radical (unpaired) electrons. The Morgan fingerprint density at radius 2 is 2.47 bits per heavy atom. The summed E-state index contributed by atoms with van der Waals surface area (Å²) >= 11 is 0. The Morgan fingerprint density at radius 1 is 1.71 bits per heavy atom. The zero-order valence-corrected chi connectivity index (χ0v) is 9.95. The molecule has 1 aromatic rings. The highest BCUT2D eigenvalue weighted by atomic mass is 16.3. The average Bonchev–Trinajstić information content (AvgIpc) is 2.73. The molecule has 0 aromatic carbocycles. The largest absolute Gasteiger partial charge is 0.394 e. The molecule has 6 nitrogen and oxygen atoms in total. The third kappa shape index (κ3) is 4.20. The number of ketones is 1. The number of hydrogen-bond acceptors (Lipinski definition) is 5. The summed E-state index contributed by atoms with van der Waals surface area (Å²) < 4.78 is 1.61. The zero-order chi connectivity index (χ0) is 12.7. The molecule has 6 heteroatoms. The van der Waals surface area contributed by atoms with Crippen LogP contribution in [0.2, 0.25) is 0 Å². The number of carbonyl (C=O) groups is 1. The SMILES string of the molecule is C/C=N/N(/C=C\C(C)=O)c1cnn(CCO)c1. The third-order valence-corrected chi connectivity index (χ3v) is 1.90. The maximum Gasteiger partial charge on any atom is 0.154 e. The second-order valence-electron chi connectivity index (χ2n) is 3.33. The molecule has 0 aliphatic carbocycles. The van der Waals surface area contributed by atoms with Gasteiger partial charge in [0, 0.05) is 12.4 Å². The lowest BCUT2D eigenvalue weighted by Crippen LogP contribution is -2.07. The fraction of sp³-hybridized carbons (Fsp3) is 0.364. The van der Waals surface area contributed by atoms with Crippen LogP contribution in [0, 0.1) is 0 Å². The van der Waals surface area contributed by atoms with Gasteiger partial charge in [-0.1, -0.05) is 0 Å². The van der Waals surface area contributed by atoms with Gasteiger partial charge in [0.1, 0.15) is 5.69 Å². The molecule has 1 heterocycles. The summed E-state index contributed by atoms with van der Waals surface area (Å²) in [5, 5.41) is 18.5. The summed E-state index contributed by atoms with van der Waals surface area (Å²) in [4.78, 5) is 10.9. The molecule has 0 aliphatic rings. The molecule has 0 spiro atoms. The number of rotatable bonds is 6. The van der Waals surface area contributed by atoms with Gasteiger partial charge in [0.25, 0.3) is 0 Å². The van der Waals surface area contributed by atoms with Crippen LogP contribution in [0.1, 0.15) is 13.8 Å². The lowest BCUT2D eigenvalue weighted by atomic mass is 10.4. The van der Waals surface area contributed by atoms with Gasteiger partial charge in [-0.15, -0.1) is 0 Å². The summed E-state index contributed by atoms with van der Waals surface area (Å²) in [6.07, 6.45) is 7.98. The summed E-state index contributed by atoms with van der Waals surface area (Å²) in [6.45, 7) is 3.72. The number of aliphatic hydroxyl groups excluding tert-OH is 1. The van der Waals surface area contributed by atoms with Crippen molar-refractivity contribution in [3.63, 3.8) is 0 Å². The lowest BCUT2D eigenvalue weighted by Gasteiger charge is -2.10. The smallest absolute Gasteiger partial charge is 0.154 e. The van der Waals surface area contributed by atoms with E-state index in [0.717, 1.165) is 5.69 Å². The summed E-state index contributed by atoms with van der Waals surface area (Å²) in [5.74, 6) is -0.0518. The van der Waals surface area contributed by atoms with Crippen molar-refractivity contribution in [1.29, 1.82) is 0 Å². The molecule has 17 heavy (non-hydrogen) atoms. The molecule has 0 saturated carbocycles. The van der Waals surface area contributed by atoms with Crippen molar-refractivity contribution in [2.75, 3.05) is 11.6 Å².